The number of nitrogens with zero attached hydrogens (tertiary/aromatic N) is 1. The van der Waals surface area contributed by atoms with E-state index >= 15 is 0 Å². The van der Waals surface area contributed by atoms with Gasteiger partial charge in [-0.1, -0.05) is 0 Å². The minimum Gasteiger partial charge on any atom is -0.391 e. The van der Waals surface area contributed by atoms with Gasteiger partial charge in [0.05, 0.1) is 19.3 Å². The number of rotatable bonds is 2. The van der Waals surface area contributed by atoms with Crippen LogP contribution in [0.3, 0.4) is 0 Å². The lowest BCUT2D eigenvalue weighted by Gasteiger charge is -2.33. The first-order chi connectivity index (χ1) is 6.75. The van der Waals surface area contributed by atoms with Gasteiger partial charge in [-0.2, -0.15) is 0 Å². The van der Waals surface area contributed by atoms with E-state index in [2.05, 4.69) is 0 Å². The molecule has 2 aliphatic heterocycles. The Morgan fingerprint density at radius 2 is 2.29 bits per heavy atom. The topological polar surface area (TPSA) is 49.8 Å². The SMILES string of the molecule is O=C(CC1COC1)N1CCCC(O)C1. The van der Waals surface area contributed by atoms with E-state index in [1.165, 1.54) is 0 Å². The summed E-state index contributed by atoms with van der Waals surface area (Å²) in [6.45, 7) is 2.78. The van der Waals surface area contributed by atoms with Crippen LogP contribution >= 0.6 is 0 Å². The normalized spacial score (nSPS) is 28.6. The number of amides is 1. The molecule has 4 nitrogen and oxygen atoms in total. The van der Waals surface area contributed by atoms with Gasteiger partial charge in [-0.25, -0.2) is 0 Å². The third kappa shape index (κ3) is 2.25. The molecule has 0 spiro atoms. The van der Waals surface area contributed by atoms with Gasteiger partial charge in [0.1, 0.15) is 0 Å². The fraction of sp³-hybridized carbons (Fsp3) is 0.900. The highest BCUT2D eigenvalue weighted by atomic mass is 16.5. The van der Waals surface area contributed by atoms with Crippen LogP contribution in [0.5, 0.6) is 0 Å². The molecule has 0 aromatic carbocycles. The Labute approximate surface area is 83.8 Å². The fourth-order valence-electron chi connectivity index (χ4n) is 1.96. The first-order valence-corrected chi connectivity index (χ1v) is 5.29. The molecule has 0 radical (unpaired) electrons. The Morgan fingerprint density at radius 3 is 2.86 bits per heavy atom. The Hall–Kier alpha value is -0.610. The van der Waals surface area contributed by atoms with Crippen LogP contribution in [0.2, 0.25) is 0 Å². The summed E-state index contributed by atoms with van der Waals surface area (Å²) in [5.74, 6) is 0.596. The molecule has 2 aliphatic rings. The Bertz CT molecular complexity index is 215. The van der Waals surface area contributed by atoms with Crippen molar-refractivity contribution in [1.29, 1.82) is 0 Å². The lowest BCUT2D eigenvalue weighted by Crippen LogP contribution is -2.44. The average molecular weight is 199 g/mol. The summed E-state index contributed by atoms with van der Waals surface area (Å²) in [5, 5.41) is 9.42. The zero-order valence-electron chi connectivity index (χ0n) is 8.32. The van der Waals surface area contributed by atoms with Crippen LogP contribution in [0, 0.1) is 5.92 Å². The highest BCUT2D eigenvalue weighted by Gasteiger charge is 2.27. The van der Waals surface area contributed by atoms with E-state index in [1.54, 1.807) is 4.90 Å². The number of aliphatic hydroxyl groups is 1. The standard InChI is InChI=1S/C10H17NO3/c12-9-2-1-3-11(5-9)10(13)4-8-6-14-7-8/h8-9,12H,1-7H2. The van der Waals surface area contributed by atoms with Crippen LogP contribution in [-0.2, 0) is 9.53 Å². The molecule has 1 amide bonds. The third-order valence-corrected chi connectivity index (χ3v) is 2.92. The molecule has 80 valence electrons. The monoisotopic (exact) mass is 199 g/mol. The summed E-state index contributed by atoms with van der Waals surface area (Å²) < 4.78 is 5.02. The highest BCUT2D eigenvalue weighted by molar-refractivity contribution is 5.76. The van der Waals surface area contributed by atoms with Gasteiger partial charge in [0.25, 0.3) is 0 Å². The Kier molecular flexibility index (Phi) is 3.03. The highest BCUT2D eigenvalue weighted by Crippen LogP contribution is 2.18. The molecule has 0 bridgehead atoms. The maximum Gasteiger partial charge on any atom is 0.223 e. The second-order valence-electron chi connectivity index (χ2n) is 4.24. The first kappa shape index (κ1) is 9.93. The minimum atomic E-state index is -0.314. The number of aliphatic hydroxyl groups excluding tert-OH is 1. The lowest BCUT2D eigenvalue weighted by molar-refractivity contribution is -0.139. The molecule has 2 rings (SSSR count). The molecule has 0 aliphatic carbocycles. The first-order valence-electron chi connectivity index (χ1n) is 5.29. The fourth-order valence-corrected chi connectivity index (χ4v) is 1.96. The van der Waals surface area contributed by atoms with Gasteiger partial charge < -0.3 is 14.7 Å². The number of carbonyl (C=O) groups is 1. The summed E-state index contributed by atoms with van der Waals surface area (Å²) in [4.78, 5) is 13.5. The molecule has 0 saturated carbocycles. The quantitative estimate of drug-likeness (QED) is 0.681. The minimum absolute atomic E-state index is 0.178. The van der Waals surface area contributed by atoms with Crippen LogP contribution in [0.4, 0.5) is 0 Å². The summed E-state index contributed by atoms with van der Waals surface area (Å²) in [6, 6.07) is 0. The van der Waals surface area contributed by atoms with Gasteiger partial charge in [-0.05, 0) is 12.8 Å². The summed E-state index contributed by atoms with van der Waals surface area (Å²) in [7, 11) is 0. The number of carbonyl (C=O) groups excluding carboxylic acids is 1. The smallest absolute Gasteiger partial charge is 0.223 e. The van der Waals surface area contributed by atoms with E-state index in [9.17, 15) is 9.90 Å². The van der Waals surface area contributed by atoms with Gasteiger partial charge >= 0.3 is 0 Å². The van der Waals surface area contributed by atoms with Crippen LogP contribution in [-0.4, -0.2) is 48.3 Å². The number of ether oxygens (including phenoxy) is 1. The average Bonchev–Trinajstić information content (AvgIpc) is 2.11. The summed E-state index contributed by atoms with van der Waals surface area (Å²) in [5.41, 5.74) is 0. The largest absolute Gasteiger partial charge is 0.391 e. The molecule has 0 aromatic rings. The maximum absolute atomic E-state index is 11.7. The zero-order valence-corrected chi connectivity index (χ0v) is 8.32. The van der Waals surface area contributed by atoms with E-state index in [4.69, 9.17) is 4.74 Å². The third-order valence-electron chi connectivity index (χ3n) is 2.92. The van der Waals surface area contributed by atoms with Crippen LogP contribution in [0.1, 0.15) is 19.3 Å². The molecular formula is C10H17NO3. The molecule has 0 aromatic heterocycles. The predicted octanol–water partition coefficient (Wildman–Crippen LogP) is 0.00620. The van der Waals surface area contributed by atoms with Crippen molar-refractivity contribution < 1.29 is 14.6 Å². The van der Waals surface area contributed by atoms with E-state index < -0.39 is 0 Å². The van der Waals surface area contributed by atoms with Gasteiger partial charge in [-0.3, -0.25) is 4.79 Å². The van der Waals surface area contributed by atoms with Crippen LogP contribution in [0.25, 0.3) is 0 Å². The van der Waals surface area contributed by atoms with Crippen LogP contribution < -0.4 is 0 Å². The number of piperidine rings is 1. The van der Waals surface area contributed by atoms with E-state index in [1.807, 2.05) is 0 Å². The molecule has 1 atom stereocenters. The van der Waals surface area contributed by atoms with Crippen molar-refractivity contribution in [2.75, 3.05) is 26.3 Å². The second-order valence-corrected chi connectivity index (χ2v) is 4.24. The number of hydrogen-bond donors (Lipinski definition) is 1. The summed E-state index contributed by atoms with van der Waals surface area (Å²) in [6.07, 6.45) is 2.03. The Balaban J connectivity index is 1.77. The molecule has 14 heavy (non-hydrogen) atoms. The van der Waals surface area contributed by atoms with Gasteiger partial charge in [0.15, 0.2) is 0 Å². The van der Waals surface area contributed by atoms with Gasteiger partial charge in [-0.15, -0.1) is 0 Å². The van der Waals surface area contributed by atoms with Crippen molar-refractivity contribution in [3.63, 3.8) is 0 Å². The lowest BCUT2D eigenvalue weighted by atomic mass is 10.0. The van der Waals surface area contributed by atoms with Gasteiger partial charge in [0.2, 0.25) is 5.91 Å². The van der Waals surface area contributed by atoms with Crippen molar-refractivity contribution in [3.05, 3.63) is 0 Å². The molecule has 4 heteroatoms. The molecule has 2 saturated heterocycles. The Morgan fingerprint density at radius 1 is 1.50 bits per heavy atom. The van der Waals surface area contributed by atoms with Crippen molar-refractivity contribution in [2.24, 2.45) is 5.92 Å². The van der Waals surface area contributed by atoms with Crippen molar-refractivity contribution in [1.82, 2.24) is 4.90 Å². The van der Waals surface area contributed by atoms with E-state index in [0.29, 0.717) is 18.9 Å². The molecule has 1 unspecified atom stereocenters. The van der Waals surface area contributed by atoms with Crippen molar-refractivity contribution >= 4 is 5.91 Å². The number of hydrogen-bond acceptors (Lipinski definition) is 3. The number of β-amino-alcohol motifs (C(OH)–C–C–N with tert-alkyl or cyclic N) is 1. The van der Waals surface area contributed by atoms with Crippen molar-refractivity contribution in [2.45, 2.75) is 25.4 Å². The van der Waals surface area contributed by atoms with Crippen molar-refractivity contribution in [3.8, 4) is 0 Å². The molecule has 2 heterocycles. The molecule has 1 N–H and O–H groups in total. The maximum atomic E-state index is 11.7. The summed E-state index contributed by atoms with van der Waals surface area (Å²) >= 11 is 0. The molecular weight excluding hydrogens is 182 g/mol. The number of likely N-dealkylation sites (tertiary alicyclic amines) is 1. The van der Waals surface area contributed by atoms with Gasteiger partial charge in [0, 0.05) is 25.4 Å². The predicted molar refractivity (Wildman–Crippen MR) is 50.7 cm³/mol. The zero-order chi connectivity index (χ0) is 9.97. The van der Waals surface area contributed by atoms with Crippen LogP contribution in [0.15, 0.2) is 0 Å². The molecule has 2 fully saturated rings. The van der Waals surface area contributed by atoms with E-state index in [0.717, 1.165) is 32.6 Å². The second kappa shape index (κ2) is 4.28. The van der Waals surface area contributed by atoms with E-state index in [-0.39, 0.29) is 12.0 Å².